The fourth-order valence-corrected chi connectivity index (χ4v) is 2.95. The number of amides is 1. The van der Waals surface area contributed by atoms with E-state index >= 15 is 0 Å². The van der Waals surface area contributed by atoms with E-state index in [2.05, 4.69) is 5.32 Å². The molecule has 0 bridgehead atoms. The molecular weight excluding hydrogens is 396 g/mol. The first-order valence-corrected chi connectivity index (χ1v) is 9.56. The molecule has 7 heteroatoms. The highest BCUT2D eigenvalue weighted by Crippen LogP contribution is 2.30. The van der Waals surface area contributed by atoms with Crippen molar-refractivity contribution in [2.24, 2.45) is 0 Å². The third-order valence-corrected chi connectivity index (χ3v) is 4.55. The number of nitrogens with one attached hydrogen (secondary N) is 1. The summed E-state index contributed by atoms with van der Waals surface area (Å²) in [6.07, 6.45) is 2.92. The minimum atomic E-state index is -0.522. The number of methoxy groups -OCH3 is 1. The lowest BCUT2D eigenvalue weighted by Crippen LogP contribution is -2.11. The Morgan fingerprint density at radius 2 is 1.84 bits per heavy atom. The zero-order chi connectivity index (χ0) is 22.2. The highest BCUT2D eigenvalue weighted by Gasteiger charge is 2.16. The van der Waals surface area contributed by atoms with Gasteiger partial charge < -0.3 is 14.8 Å². The van der Waals surface area contributed by atoms with Gasteiger partial charge >= 0.3 is 0 Å². The fraction of sp³-hybridized carbons (Fsp3) is 0.125. The molecule has 158 valence electrons. The molecule has 1 amide bonds. The SMILES string of the molecule is COc1cc(/C=C/C(=O)Nc2c(C)cccc2[N+](=O)[O-])ccc1OCc1ccccc1. The molecule has 0 spiro atoms. The molecule has 0 saturated heterocycles. The number of carbonyl (C=O) groups excluding carboxylic acids is 1. The molecule has 0 aliphatic heterocycles. The highest BCUT2D eigenvalue weighted by atomic mass is 16.6. The van der Waals surface area contributed by atoms with E-state index in [1.54, 1.807) is 50.4 Å². The first-order chi connectivity index (χ1) is 15.0. The highest BCUT2D eigenvalue weighted by molar-refractivity contribution is 6.03. The Hall–Kier alpha value is -4.13. The van der Waals surface area contributed by atoms with Crippen LogP contribution in [0.15, 0.2) is 72.8 Å². The number of aryl methyl sites for hydroxylation is 1. The molecule has 0 aliphatic rings. The normalized spacial score (nSPS) is 10.6. The molecule has 3 aromatic rings. The van der Waals surface area contributed by atoms with Gasteiger partial charge in [-0.1, -0.05) is 48.5 Å². The van der Waals surface area contributed by atoms with Gasteiger partial charge in [0.15, 0.2) is 11.5 Å². The average Bonchev–Trinajstić information content (AvgIpc) is 2.78. The molecule has 0 aliphatic carbocycles. The third kappa shape index (κ3) is 5.70. The third-order valence-electron chi connectivity index (χ3n) is 4.55. The molecule has 3 aromatic carbocycles. The number of rotatable bonds is 8. The van der Waals surface area contributed by atoms with Crippen molar-refractivity contribution in [2.45, 2.75) is 13.5 Å². The van der Waals surface area contributed by atoms with Gasteiger partial charge in [-0.25, -0.2) is 0 Å². The fourth-order valence-electron chi connectivity index (χ4n) is 2.95. The molecular formula is C24H22N2O5. The van der Waals surface area contributed by atoms with Crippen molar-refractivity contribution < 1.29 is 19.2 Å². The van der Waals surface area contributed by atoms with Gasteiger partial charge in [0.25, 0.3) is 5.69 Å². The molecule has 0 atom stereocenters. The van der Waals surface area contributed by atoms with E-state index in [0.29, 0.717) is 23.7 Å². The summed E-state index contributed by atoms with van der Waals surface area (Å²) in [7, 11) is 1.54. The van der Waals surface area contributed by atoms with Crippen molar-refractivity contribution in [2.75, 3.05) is 12.4 Å². The van der Waals surface area contributed by atoms with Gasteiger partial charge in [-0.3, -0.25) is 14.9 Å². The molecule has 0 radical (unpaired) electrons. The number of benzene rings is 3. The molecule has 31 heavy (non-hydrogen) atoms. The Kier molecular flexibility index (Phi) is 7.01. The monoisotopic (exact) mass is 418 g/mol. The predicted octanol–water partition coefficient (Wildman–Crippen LogP) is 5.14. The molecule has 0 heterocycles. The smallest absolute Gasteiger partial charge is 0.293 e. The second-order valence-corrected chi connectivity index (χ2v) is 6.73. The van der Waals surface area contributed by atoms with E-state index in [4.69, 9.17) is 9.47 Å². The number of nitrogens with zero attached hydrogens (tertiary/aromatic N) is 1. The van der Waals surface area contributed by atoms with Gasteiger partial charge in [0.2, 0.25) is 5.91 Å². The Morgan fingerprint density at radius 1 is 1.06 bits per heavy atom. The number of hydrogen-bond acceptors (Lipinski definition) is 5. The molecule has 0 unspecified atom stereocenters. The number of para-hydroxylation sites is 1. The number of nitro groups is 1. The summed E-state index contributed by atoms with van der Waals surface area (Å²) in [6, 6.07) is 19.7. The Bertz CT molecular complexity index is 1110. The number of anilines is 1. The summed E-state index contributed by atoms with van der Waals surface area (Å²) in [5, 5.41) is 13.8. The summed E-state index contributed by atoms with van der Waals surface area (Å²) in [4.78, 5) is 23.0. The first kappa shape index (κ1) is 21.6. The lowest BCUT2D eigenvalue weighted by molar-refractivity contribution is -0.384. The van der Waals surface area contributed by atoms with Gasteiger partial charge in [0.05, 0.1) is 12.0 Å². The van der Waals surface area contributed by atoms with Gasteiger partial charge in [-0.05, 0) is 41.8 Å². The van der Waals surface area contributed by atoms with Gasteiger partial charge in [0, 0.05) is 12.1 Å². The largest absolute Gasteiger partial charge is 0.493 e. The van der Waals surface area contributed by atoms with Crippen LogP contribution in [0, 0.1) is 17.0 Å². The second-order valence-electron chi connectivity index (χ2n) is 6.73. The first-order valence-electron chi connectivity index (χ1n) is 9.56. The second kappa shape index (κ2) is 10.1. The molecule has 0 aromatic heterocycles. The topological polar surface area (TPSA) is 90.7 Å². The summed E-state index contributed by atoms with van der Waals surface area (Å²) >= 11 is 0. The number of carbonyl (C=O) groups is 1. The molecule has 3 rings (SSSR count). The van der Waals surface area contributed by atoms with E-state index in [0.717, 1.165) is 11.1 Å². The van der Waals surface area contributed by atoms with E-state index in [1.807, 2.05) is 30.3 Å². The van der Waals surface area contributed by atoms with Crippen LogP contribution < -0.4 is 14.8 Å². The van der Waals surface area contributed by atoms with Crippen LogP contribution in [0.4, 0.5) is 11.4 Å². The Labute approximate surface area is 180 Å². The van der Waals surface area contributed by atoms with Gasteiger partial charge in [-0.15, -0.1) is 0 Å². The zero-order valence-corrected chi connectivity index (χ0v) is 17.2. The molecule has 1 N–H and O–H groups in total. The van der Waals surface area contributed by atoms with Crippen LogP contribution in [0.5, 0.6) is 11.5 Å². The average molecular weight is 418 g/mol. The molecule has 0 saturated carbocycles. The summed E-state index contributed by atoms with van der Waals surface area (Å²) in [5.41, 5.74) is 2.40. The minimum Gasteiger partial charge on any atom is -0.493 e. The maximum Gasteiger partial charge on any atom is 0.293 e. The maximum absolute atomic E-state index is 12.3. The summed E-state index contributed by atoms with van der Waals surface area (Å²) < 4.78 is 11.2. The van der Waals surface area contributed by atoms with Gasteiger partial charge in [-0.2, -0.15) is 0 Å². The predicted molar refractivity (Wildman–Crippen MR) is 119 cm³/mol. The Morgan fingerprint density at radius 3 is 2.55 bits per heavy atom. The van der Waals surface area contributed by atoms with Crippen LogP contribution in [0.2, 0.25) is 0 Å². The summed E-state index contributed by atoms with van der Waals surface area (Å²) in [6.45, 7) is 2.11. The van der Waals surface area contributed by atoms with E-state index < -0.39 is 10.8 Å². The lowest BCUT2D eigenvalue weighted by atomic mass is 10.1. The van der Waals surface area contributed by atoms with Crippen LogP contribution in [-0.2, 0) is 11.4 Å². The van der Waals surface area contributed by atoms with Crippen molar-refractivity contribution in [3.63, 3.8) is 0 Å². The lowest BCUT2D eigenvalue weighted by Gasteiger charge is -2.11. The van der Waals surface area contributed by atoms with Crippen molar-refractivity contribution in [1.29, 1.82) is 0 Å². The Balaban J connectivity index is 1.69. The minimum absolute atomic E-state index is 0.150. The number of ether oxygens (including phenoxy) is 2. The zero-order valence-electron chi connectivity index (χ0n) is 17.2. The number of nitro benzene ring substituents is 1. The molecule has 0 fully saturated rings. The maximum atomic E-state index is 12.3. The van der Waals surface area contributed by atoms with Crippen LogP contribution in [0.3, 0.4) is 0 Å². The van der Waals surface area contributed by atoms with Crippen molar-refractivity contribution in [1.82, 2.24) is 0 Å². The quantitative estimate of drug-likeness (QED) is 0.311. The van der Waals surface area contributed by atoms with Crippen LogP contribution >= 0.6 is 0 Å². The van der Waals surface area contributed by atoms with Crippen LogP contribution in [0.1, 0.15) is 16.7 Å². The number of hydrogen-bond donors (Lipinski definition) is 1. The van der Waals surface area contributed by atoms with E-state index in [-0.39, 0.29) is 11.4 Å². The van der Waals surface area contributed by atoms with Crippen molar-refractivity contribution in [3.8, 4) is 11.5 Å². The van der Waals surface area contributed by atoms with Crippen molar-refractivity contribution >= 4 is 23.4 Å². The van der Waals surface area contributed by atoms with E-state index in [9.17, 15) is 14.9 Å². The van der Waals surface area contributed by atoms with Gasteiger partial charge in [0.1, 0.15) is 12.3 Å². The van der Waals surface area contributed by atoms with Crippen LogP contribution in [0.25, 0.3) is 6.08 Å². The van der Waals surface area contributed by atoms with Crippen LogP contribution in [-0.4, -0.2) is 17.9 Å². The van der Waals surface area contributed by atoms with E-state index in [1.165, 1.54) is 12.1 Å². The standard InChI is InChI=1S/C24H22N2O5/c1-17-7-6-10-20(26(28)29)24(17)25-23(27)14-12-18-11-13-21(22(15-18)30-2)31-16-19-8-4-3-5-9-19/h3-15H,16H2,1-2H3,(H,25,27)/b14-12+. The molecule has 7 nitrogen and oxygen atoms in total. The van der Waals surface area contributed by atoms with Crippen molar-refractivity contribution in [3.05, 3.63) is 99.6 Å². The summed E-state index contributed by atoms with van der Waals surface area (Å²) in [5.74, 6) is 0.650.